The molecule has 0 spiro atoms. The van der Waals surface area contributed by atoms with Crippen molar-refractivity contribution in [1.29, 1.82) is 0 Å². The molecule has 0 aromatic heterocycles. The monoisotopic (exact) mass is 395 g/mol. The molecule has 0 aliphatic carbocycles. The summed E-state index contributed by atoms with van der Waals surface area (Å²) in [7, 11) is 1.23. The zero-order valence-electron chi connectivity index (χ0n) is 15.1. The fraction of sp³-hybridized carbons (Fsp3) is 0.333. The normalized spacial score (nSPS) is 16.7. The highest BCUT2D eigenvalue weighted by Gasteiger charge is 2.38. The lowest BCUT2D eigenvalue weighted by molar-refractivity contribution is -0.139. The number of rotatable bonds is 6. The molecule has 0 bridgehead atoms. The number of allylic oxidation sites excluding steroid dienone is 2. The maximum absolute atomic E-state index is 12.7. The number of hydrogen-bond acceptors (Lipinski definition) is 8. The molecular formula is C18H20ClN2O6-. The summed E-state index contributed by atoms with van der Waals surface area (Å²) < 4.78 is 10.0. The van der Waals surface area contributed by atoms with Gasteiger partial charge < -0.3 is 25.2 Å². The number of nitrogens with one attached hydrogen (secondary N) is 1. The van der Waals surface area contributed by atoms with Crippen LogP contribution in [0, 0.1) is 5.21 Å². The molecule has 0 amide bonds. The standard InChI is InChI=1S/C18H20ClN2O6/c1-4-27-18(23)16-13(9-19)20-10(2)14(17(22)26-3)15(16)11-6-5-7-12(8-11)21(24)25/h5-8,15,20,24H,4,9H2,1-3H3/q-1/t15-/m0/s1. The maximum Gasteiger partial charge on any atom is 0.336 e. The van der Waals surface area contributed by atoms with Crippen LogP contribution in [0.2, 0.25) is 0 Å². The van der Waals surface area contributed by atoms with Crippen LogP contribution in [0.25, 0.3) is 0 Å². The Balaban J connectivity index is 2.73. The SMILES string of the molecule is CCOC(=O)C1=C(CCl)NC(C)=C(C(=O)OC)[C@@H]1c1cccc(N([O-])O)c1. The number of anilines is 1. The van der Waals surface area contributed by atoms with E-state index in [9.17, 15) is 20.0 Å². The van der Waals surface area contributed by atoms with E-state index in [1.54, 1.807) is 19.9 Å². The molecule has 1 aromatic carbocycles. The van der Waals surface area contributed by atoms with Crippen molar-refractivity contribution in [2.75, 3.05) is 24.8 Å². The van der Waals surface area contributed by atoms with Crippen molar-refractivity contribution in [3.05, 3.63) is 57.6 Å². The minimum Gasteiger partial charge on any atom is -0.733 e. The van der Waals surface area contributed by atoms with Gasteiger partial charge in [0.2, 0.25) is 0 Å². The van der Waals surface area contributed by atoms with Crippen molar-refractivity contribution in [2.24, 2.45) is 0 Å². The second-order valence-corrected chi connectivity index (χ2v) is 5.97. The van der Waals surface area contributed by atoms with Gasteiger partial charge in [0.05, 0.1) is 42.3 Å². The fourth-order valence-electron chi connectivity index (χ4n) is 2.99. The quantitative estimate of drug-likeness (QED) is 0.429. The number of carbonyl (C=O) groups is 2. The zero-order chi connectivity index (χ0) is 20.1. The highest BCUT2D eigenvalue weighted by molar-refractivity contribution is 6.20. The van der Waals surface area contributed by atoms with Crippen LogP contribution in [0.5, 0.6) is 0 Å². The van der Waals surface area contributed by atoms with Crippen LogP contribution in [-0.4, -0.2) is 36.7 Å². The number of ether oxygens (including phenoxy) is 2. The van der Waals surface area contributed by atoms with Gasteiger partial charge in [-0.2, -0.15) is 0 Å². The van der Waals surface area contributed by atoms with Gasteiger partial charge in [-0.1, -0.05) is 12.1 Å². The number of benzene rings is 1. The molecule has 0 saturated carbocycles. The van der Waals surface area contributed by atoms with Crippen molar-refractivity contribution < 1.29 is 24.3 Å². The molecule has 2 N–H and O–H groups in total. The highest BCUT2D eigenvalue weighted by Crippen LogP contribution is 2.40. The van der Waals surface area contributed by atoms with Crippen molar-refractivity contribution in [3.63, 3.8) is 0 Å². The van der Waals surface area contributed by atoms with Crippen molar-refractivity contribution in [2.45, 2.75) is 19.8 Å². The smallest absolute Gasteiger partial charge is 0.336 e. The molecule has 2 rings (SSSR count). The van der Waals surface area contributed by atoms with Crippen LogP contribution in [0.4, 0.5) is 5.69 Å². The first kappa shape index (κ1) is 20.8. The summed E-state index contributed by atoms with van der Waals surface area (Å²) in [6.45, 7) is 3.45. The van der Waals surface area contributed by atoms with E-state index < -0.39 is 17.9 Å². The number of esters is 2. The maximum atomic E-state index is 12.7. The van der Waals surface area contributed by atoms with E-state index >= 15 is 0 Å². The Morgan fingerprint density at radius 2 is 2.04 bits per heavy atom. The minimum atomic E-state index is -0.883. The molecule has 1 aliphatic rings. The van der Waals surface area contributed by atoms with Crippen molar-refractivity contribution in [3.8, 4) is 0 Å². The van der Waals surface area contributed by atoms with Crippen LogP contribution in [0.3, 0.4) is 0 Å². The third kappa shape index (κ3) is 4.24. The number of carbonyl (C=O) groups excluding carboxylic acids is 2. The van der Waals surface area contributed by atoms with E-state index in [0.29, 0.717) is 17.0 Å². The molecular weight excluding hydrogens is 376 g/mol. The van der Waals surface area contributed by atoms with Crippen LogP contribution >= 0.6 is 11.6 Å². The first-order chi connectivity index (χ1) is 12.8. The third-order valence-corrected chi connectivity index (χ3v) is 4.37. The predicted molar refractivity (Wildman–Crippen MR) is 99.0 cm³/mol. The summed E-state index contributed by atoms with van der Waals surface area (Å²) in [5.74, 6) is -2.20. The number of hydrogen-bond donors (Lipinski definition) is 2. The van der Waals surface area contributed by atoms with E-state index in [1.807, 2.05) is 0 Å². The molecule has 8 nitrogen and oxygen atoms in total. The topological polar surface area (TPSA) is 111 Å². The number of nitrogens with zero attached hydrogens (tertiary/aromatic N) is 1. The van der Waals surface area contributed by atoms with Gasteiger partial charge in [0.1, 0.15) is 0 Å². The summed E-state index contributed by atoms with van der Waals surface area (Å²) in [6.07, 6.45) is 0. The molecule has 0 fully saturated rings. The highest BCUT2D eigenvalue weighted by atomic mass is 35.5. The lowest BCUT2D eigenvalue weighted by atomic mass is 9.80. The molecule has 9 heteroatoms. The molecule has 0 unspecified atom stereocenters. The van der Waals surface area contributed by atoms with E-state index in [0.717, 1.165) is 0 Å². The summed E-state index contributed by atoms with van der Waals surface area (Å²) in [6, 6.07) is 5.93. The molecule has 146 valence electrons. The number of halogens is 1. The van der Waals surface area contributed by atoms with E-state index in [-0.39, 0.29) is 34.5 Å². The molecule has 0 saturated heterocycles. The summed E-state index contributed by atoms with van der Waals surface area (Å²) in [4.78, 5) is 25.1. The van der Waals surface area contributed by atoms with Gasteiger partial charge in [-0.15, -0.1) is 11.6 Å². The minimum absolute atomic E-state index is 0.0240. The van der Waals surface area contributed by atoms with Gasteiger partial charge in [0, 0.05) is 11.4 Å². The van der Waals surface area contributed by atoms with Crippen LogP contribution in [-0.2, 0) is 19.1 Å². The average molecular weight is 396 g/mol. The fourth-order valence-corrected chi connectivity index (χ4v) is 3.20. The number of methoxy groups -OCH3 is 1. The molecule has 1 aliphatic heterocycles. The first-order valence-electron chi connectivity index (χ1n) is 8.13. The molecule has 1 heterocycles. The lowest BCUT2D eigenvalue weighted by Crippen LogP contribution is -2.33. The Bertz CT molecular complexity index is 803. The Labute approximate surface area is 161 Å². The van der Waals surface area contributed by atoms with Gasteiger partial charge in [-0.05, 0) is 31.5 Å². The largest absolute Gasteiger partial charge is 0.733 e. The third-order valence-electron chi connectivity index (χ3n) is 4.10. The second-order valence-electron chi connectivity index (χ2n) is 5.70. The Kier molecular flexibility index (Phi) is 6.84. The van der Waals surface area contributed by atoms with E-state index in [1.165, 1.54) is 25.3 Å². The average Bonchev–Trinajstić information content (AvgIpc) is 2.66. The second kappa shape index (κ2) is 8.90. The zero-order valence-corrected chi connectivity index (χ0v) is 15.9. The van der Waals surface area contributed by atoms with Crippen molar-refractivity contribution in [1.82, 2.24) is 5.32 Å². The molecule has 1 atom stereocenters. The molecule has 0 radical (unpaired) electrons. The number of dihydropyridines is 1. The van der Waals surface area contributed by atoms with Gasteiger partial charge in [-0.25, -0.2) is 9.59 Å². The van der Waals surface area contributed by atoms with E-state index in [4.69, 9.17) is 21.1 Å². The molecule has 27 heavy (non-hydrogen) atoms. The Hall–Kier alpha value is -2.55. The Morgan fingerprint density at radius 3 is 2.59 bits per heavy atom. The van der Waals surface area contributed by atoms with E-state index in [2.05, 4.69) is 5.32 Å². The molecule has 1 aromatic rings. The number of alkyl halides is 1. The first-order valence-corrected chi connectivity index (χ1v) is 8.67. The van der Waals surface area contributed by atoms with Crippen LogP contribution in [0.1, 0.15) is 25.3 Å². The summed E-state index contributed by atoms with van der Waals surface area (Å²) in [5.41, 5.74) is 1.55. The summed E-state index contributed by atoms with van der Waals surface area (Å²) in [5, 5.41) is 23.2. The summed E-state index contributed by atoms with van der Waals surface area (Å²) >= 11 is 6.02. The van der Waals surface area contributed by atoms with Crippen LogP contribution < -0.4 is 10.5 Å². The van der Waals surface area contributed by atoms with Crippen molar-refractivity contribution >= 4 is 29.2 Å². The predicted octanol–water partition coefficient (Wildman–Crippen LogP) is 2.57. The lowest BCUT2D eigenvalue weighted by Gasteiger charge is -2.31. The van der Waals surface area contributed by atoms with Gasteiger partial charge in [0.25, 0.3) is 0 Å². The van der Waals surface area contributed by atoms with Gasteiger partial charge in [-0.3, -0.25) is 5.21 Å². The van der Waals surface area contributed by atoms with Crippen LogP contribution in [0.15, 0.2) is 46.8 Å². The van der Waals surface area contributed by atoms with Gasteiger partial charge >= 0.3 is 11.9 Å². The Morgan fingerprint density at radius 1 is 1.33 bits per heavy atom. The van der Waals surface area contributed by atoms with Gasteiger partial charge in [0.15, 0.2) is 0 Å².